The molecule has 0 saturated heterocycles. The lowest BCUT2D eigenvalue weighted by atomic mass is 9.88. The molecule has 0 radical (unpaired) electrons. The first-order valence-corrected chi connectivity index (χ1v) is 11.4. The molecule has 5 atom stereocenters. The van der Waals surface area contributed by atoms with Crippen LogP contribution in [0.1, 0.15) is 71.6 Å². The Morgan fingerprint density at radius 2 is 2.00 bits per heavy atom. The van der Waals surface area contributed by atoms with Gasteiger partial charge in [-0.1, -0.05) is 69.1 Å². The maximum Gasteiger partial charge on any atom is 0.0611 e. The Hall–Kier alpha value is -0.860. The van der Waals surface area contributed by atoms with E-state index in [4.69, 9.17) is 0 Å². The molecule has 0 bridgehead atoms. The molecule has 1 saturated carbocycles. The summed E-state index contributed by atoms with van der Waals surface area (Å²) in [6.45, 7) is 5.75. The molecular formula is C25H43NO. The number of unbranched alkanes of at least 4 members (excludes halogenated alkanes) is 3. The number of nitrogens with zero attached hydrogens (tertiary/aromatic N) is 1. The Bertz CT molecular complexity index is 504. The van der Waals surface area contributed by atoms with Crippen LogP contribution in [0.3, 0.4) is 0 Å². The first-order chi connectivity index (χ1) is 13.0. The minimum absolute atomic E-state index is 0.153. The van der Waals surface area contributed by atoms with Gasteiger partial charge in [-0.25, -0.2) is 0 Å². The Morgan fingerprint density at radius 1 is 1.19 bits per heavy atom. The summed E-state index contributed by atoms with van der Waals surface area (Å²) in [6, 6.07) is 0. The standard InChI is InChI=1S/C25H43NO/c1-5-6-12-20(2)13-9-10-15-23-24-18-21(17-22(24)19-25(23)27)14-8-7-11-16-26(3)4/h9-10,13,15,17,20,22-25,27H,5-8,11-12,14,16,18-19H2,1-4H3/t20-,22-,23+,24-,25+/m0/s1. The van der Waals surface area contributed by atoms with E-state index in [0.29, 0.717) is 23.7 Å². The van der Waals surface area contributed by atoms with Gasteiger partial charge in [0.25, 0.3) is 0 Å². The lowest BCUT2D eigenvalue weighted by molar-refractivity contribution is 0.141. The van der Waals surface area contributed by atoms with E-state index in [1.54, 1.807) is 5.57 Å². The van der Waals surface area contributed by atoms with Gasteiger partial charge in [0, 0.05) is 5.92 Å². The second kappa shape index (κ2) is 11.9. The van der Waals surface area contributed by atoms with Crippen molar-refractivity contribution in [3.05, 3.63) is 36.0 Å². The molecule has 0 aromatic rings. The van der Waals surface area contributed by atoms with E-state index in [9.17, 15) is 5.11 Å². The van der Waals surface area contributed by atoms with E-state index in [-0.39, 0.29) is 6.10 Å². The number of aliphatic hydroxyl groups is 1. The van der Waals surface area contributed by atoms with Gasteiger partial charge in [0.1, 0.15) is 0 Å². The highest BCUT2D eigenvalue weighted by Gasteiger charge is 2.42. The average Bonchev–Trinajstić information content (AvgIpc) is 3.13. The number of fused-ring (bicyclic) bond motifs is 1. The molecule has 0 unspecified atom stereocenters. The minimum atomic E-state index is -0.153. The first-order valence-electron chi connectivity index (χ1n) is 11.4. The zero-order valence-corrected chi connectivity index (χ0v) is 18.2. The van der Waals surface area contributed by atoms with Crippen LogP contribution in [0.25, 0.3) is 0 Å². The Labute approximate surface area is 168 Å². The fraction of sp³-hybridized carbons (Fsp3) is 0.760. The zero-order valence-electron chi connectivity index (χ0n) is 18.2. The molecule has 2 rings (SSSR count). The summed E-state index contributed by atoms with van der Waals surface area (Å²) < 4.78 is 0. The molecule has 2 heteroatoms. The van der Waals surface area contributed by atoms with Crippen LogP contribution in [-0.2, 0) is 0 Å². The van der Waals surface area contributed by atoms with Gasteiger partial charge in [0.15, 0.2) is 0 Å². The maximum atomic E-state index is 10.5. The van der Waals surface area contributed by atoms with Gasteiger partial charge < -0.3 is 10.0 Å². The van der Waals surface area contributed by atoms with Crippen LogP contribution in [0, 0.1) is 23.7 Å². The molecule has 2 aliphatic carbocycles. The largest absolute Gasteiger partial charge is 0.392 e. The molecule has 0 aliphatic heterocycles. The second-order valence-corrected chi connectivity index (χ2v) is 9.24. The van der Waals surface area contributed by atoms with Crippen LogP contribution < -0.4 is 0 Å². The fourth-order valence-corrected chi connectivity index (χ4v) is 4.82. The summed E-state index contributed by atoms with van der Waals surface area (Å²) >= 11 is 0. The lowest BCUT2D eigenvalue weighted by Gasteiger charge is -2.18. The quantitative estimate of drug-likeness (QED) is 0.258. The monoisotopic (exact) mass is 373 g/mol. The van der Waals surface area contributed by atoms with Crippen LogP contribution in [-0.4, -0.2) is 36.8 Å². The van der Waals surface area contributed by atoms with Crippen molar-refractivity contribution in [3.8, 4) is 0 Å². The van der Waals surface area contributed by atoms with Gasteiger partial charge in [0.05, 0.1) is 6.10 Å². The molecule has 1 fully saturated rings. The van der Waals surface area contributed by atoms with E-state index >= 15 is 0 Å². The van der Waals surface area contributed by atoms with Crippen LogP contribution in [0.2, 0.25) is 0 Å². The third-order valence-corrected chi connectivity index (χ3v) is 6.45. The van der Waals surface area contributed by atoms with E-state index in [0.717, 1.165) is 6.42 Å². The number of hydrogen-bond acceptors (Lipinski definition) is 2. The normalized spacial score (nSPS) is 29.2. The molecule has 1 N–H and O–H groups in total. The third-order valence-electron chi connectivity index (χ3n) is 6.45. The molecule has 27 heavy (non-hydrogen) atoms. The molecule has 2 aliphatic rings. The van der Waals surface area contributed by atoms with E-state index in [1.807, 2.05) is 0 Å². The van der Waals surface area contributed by atoms with Crippen molar-refractivity contribution < 1.29 is 5.11 Å². The van der Waals surface area contributed by atoms with Gasteiger partial charge in [-0.3, -0.25) is 0 Å². The van der Waals surface area contributed by atoms with Crippen molar-refractivity contribution in [2.24, 2.45) is 23.7 Å². The fourth-order valence-electron chi connectivity index (χ4n) is 4.82. The van der Waals surface area contributed by atoms with Crippen LogP contribution in [0.15, 0.2) is 36.0 Å². The minimum Gasteiger partial charge on any atom is -0.392 e. The predicted molar refractivity (Wildman–Crippen MR) is 118 cm³/mol. The Kier molecular flexibility index (Phi) is 9.86. The number of aliphatic hydroxyl groups excluding tert-OH is 1. The predicted octanol–water partition coefficient (Wildman–Crippen LogP) is 5.99. The van der Waals surface area contributed by atoms with Crippen LogP contribution >= 0.6 is 0 Å². The molecule has 0 amide bonds. The van der Waals surface area contributed by atoms with Crippen molar-refractivity contribution in [2.45, 2.75) is 77.7 Å². The van der Waals surface area contributed by atoms with Gasteiger partial charge in [-0.2, -0.15) is 0 Å². The van der Waals surface area contributed by atoms with E-state index in [1.165, 1.54) is 57.9 Å². The number of hydrogen-bond donors (Lipinski definition) is 1. The van der Waals surface area contributed by atoms with Crippen LogP contribution in [0.5, 0.6) is 0 Å². The SMILES string of the molecule is CCCC[C@H](C)C=CC=C[C@@H]1[C@H]2CC(CCCCCN(C)C)=C[C@H]2C[C@H]1O. The van der Waals surface area contributed by atoms with Crippen molar-refractivity contribution in [3.63, 3.8) is 0 Å². The van der Waals surface area contributed by atoms with Gasteiger partial charge in [-0.05, 0) is 76.9 Å². The summed E-state index contributed by atoms with van der Waals surface area (Å²) in [4.78, 5) is 2.27. The Morgan fingerprint density at radius 3 is 2.74 bits per heavy atom. The summed E-state index contributed by atoms with van der Waals surface area (Å²) in [7, 11) is 4.31. The highest BCUT2D eigenvalue weighted by Crippen LogP contribution is 2.48. The van der Waals surface area contributed by atoms with Crippen molar-refractivity contribution in [1.29, 1.82) is 0 Å². The first kappa shape index (κ1) is 22.4. The van der Waals surface area contributed by atoms with Gasteiger partial charge >= 0.3 is 0 Å². The van der Waals surface area contributed by atoms with E-state index < -0.39 is 0 Å². The molecule has 0 aromatic carbocycles. The van der Waals surface area contributed by atoms with Gasteiger partial charge in [-0.15, -0.1) is 0 Å². The Balaban J connectivity index is 1.74. The number of rotatable bonds is 12. The molecule has 0 spiro atoms. The van der Waals surface area contributed by atoms with Crippen molar-refractivity contribution in [1.82, 2.24) is 4.90 Å². The molecular weight excluding hydrogens is 330 g/mol. The van der Waals surface area contributed by atoms with Crippen LogP contribution in [0.4, 0.5) is 0 Å². The third kappa shape index (κ3) is 7.58. The number of allylic oxidation sites excluding steroid dienone is 5. The molecule has 154 valence electrons. The van der Waals surface area contributed by atoms with Crippen molar-refractivity contribution >= 4 is 0 Å². The highest BCUT2D eigenvalue weighted by molar-refractivity contribution is 5.21. The smallest absolute Gasteiger partial charge is 0.0611 e. The summed E-state index contributed by atoms with van der Waals surface area (Å²) in [5.74, 6) is 2.24. The molecule has 0 heterocycles. The maximum absolute atomic E-state index is 10.5. The van der Waals surface area contributed by atoms with Crippen molar-refractivity contribution in [2.75, 3.05) is 20.6 Å². The molecule has 0 aromatic heterocycles. The molecule has 2 nitrogen and oxygen atoms in total. The van der Waals surface area contributed by atoms with Gasteiger partial charge in [0.2, 0.25) is 0 Å². The zero-order chi connectivity index (χ0) is 19.6. The second-order valence-electron chi connectivity index (χ2n) is 9.24. The topological polar surface area (TPSA) is 23.5 Å². The average molecular weight is 374 g/mol. The summed E-state index contributed by atoms with van der Waals surface area (Å²) in [6.07, 6.45) is 22.6. The highest BCUT2D eigenvalue weighted by atomic mass is 16.3. The lowest BCUT2D eigenvalue weighted by Crippen LogP contribution is -2.16. The van der Waals surface area contributed by atoms with E-state index in [2.05, 4.69) is 63.2 Å². The summed E-state index contributed by atoms with van der Waals surface area (Å²) in [5, 5.41) is 10.5. The summed E-state index contributed by atoms with van der Waals surface area (Å²) in [5.41, 5.74) is 1.66.